The molecule has 0 aliphatic carbocycles. The Morgan fingerprint density at radius 2 is 2.40 bits per heavy atom. The van der Waals surface area contributed by atoms with Crippen LogP contribution in [0.1, 0.15) is 26.7 Å². The second-order valence-electron chi connectivity index (χ2n) is 3.00. The van der Waals surface area contributed by atoms with Crippen LogP contribution in [0.15, 0.2) is 0 Å². The van der Waals surface area contributed by atoms with Crippen LogP contribution in [0.25, 0.3) is 0 Å². The Balaban J connectivity index is 2.38. The van der Waals surface area contributed by atoms with Gasteiger partial charge in [-0.15, -0.1) is 0 Å². The summed E-state index contributed by atoms with van der Waals surface area (Å²) in [5.41, 5.74) is 0. The summed E-state index contributed by atoms with van der Waals surface area (Å²) in [6, 6.07) is 0. The summed E-state index contributed by atoms with van der Waals surface area (Å²) in [6.45, 7) is 4.87. The summed E-state index contributed by atoms with van der Waals surface area (Å²) in [5, 5.41) is 9.45. The Morgan fingerprint density at radius 3 is 2.80 bits per heavy atom. The fraction of sp³-hybridized carbons (Fsp3) is 1.00. The fourth-order valence-electron chi connectivity index (χ4n) is 1.56. The van der Waals surface area contributed by atoms with Crippen LogP contribution in [0.4, 0.5) is 0 Å². The van der Waals surface area contributed by atoms with E-state index in [9.17, 15) is 5.11 Å². The van der Waals surface area contributed by atoms with Gasteiger partial charge in [0.05, 0.1) is 12.2 Å². The maximum Gasteiger partial charge on any atom is 0.0600 e. The standard InChI is InChI=1S/C8H16O2/c1-3-8(9)7-4-5-10-6(7)2/h6-9H,3-5H2,1-2H3. The Hall–Kier alpha value is -0.0800. The predicted molar refractivity (Wildman–Crippen MR) is 39.8 cm³/mol. The third-order valence-electron chi connectivity index (χ3n) is 2.35. The molecule has 1 aliphatic heterocycles. The Kier molecular flexibility index (Phi) is 2.69. The number of hydrogen-bond donors (Lipinski definition) is 1. The lowest BCUT2D eigenvalue weighted by Gasteiger charge is -2.18. The van der Waals surface area contributed by atoms with Gasteiger partial charge in [0.1, 0.15) is 0 Å². The minimum atomic E-state index is -0.155. The van der Waals surface area contributed by atoms with Gasteiger partial charge in [0.25, 0.3) is 0 Å². The van der Waals surface area contributed by atoms with Gasteiger partial charge in [-0.2, -0.15) is 0 Å². The van der Waals surface area contributed by atoms with Crippen molar-refractivity contribution in [3.05, 3.63) is 0 Å². The molecule has 0 spiro atoms. The molecule has 2 nitrogen and oxygen atoms in total. The van der Waals surface area contributed by atoms with Gasteiger partial charge in [0.15, 0.2) is 0 Å². The zero-order valence-electron chi connectivity index (χ0n) is 6.71. The molecule has 0 amide bonds. The fourth-order valence-corrected chi connectivity index (χ4v) is 1.56. The highest BCUT2D eigenvalue weighted by Gasteiger charge is 2.29. The summed E-state index contributed by atoms with van der Waals surface area (Å²) < 4.78 is 5.33. The monoisotopic (exact) mass is 144 g/mol. The molecule has 0 aromatic rings. The molecule has 0 aromatic heterocycles. The van der Waals surface area contributed by atoms with Gasteiger partial charge in [-0.25, -0.2) is 0 Å². The number of aliphatic hydroxyl groups excluding tert-OH is 1. The van der Waals surface area contributed by atoms with Crippen molar-refractivity contribution in [3.8, 4) is 0 Å². The van der Waals surface area contributed by atoms with E-state index in [1.165, 1.54) is 0 Å². The van der Waals surface area contributed by atoms with Gasteiger partial charge >= 0.3 is 0 Å². The van der Waals surface area contributed by atoms with Crippen LogP contribution in [-0.2, 0) is 4.74 Å². The Morgan fingerprint density at radius 1 is 1.70 bits per heavy atom. The topological polar surface area (TPSA) is 29.5 Å². The molecule has 0 radical (unpaired) electrons. The van der Waals surface area contributed by atoms with Gasteiger partial charge in [0.2, 0.25) is 0 Å². The molecule has 1 fully saturated rings. The Bertz CT molecular complexity index is 103. The van der Waals surface area contributed by atoms with Gasteiger partial charge in [-0.1, -0.05) is 6.92 Å². The van der Waals surface area contributed by atoms with Crippen molar-refractivity contribution in [1.29, 1.82) is 0 Å². The van der Waals surface area contributed by atoms with Crippen LogP contribution in [0.3, 0.4) is 0 Å². The molecule has 1 saturated heterocycles. The lowest BCUT2D eigenvalue weighted by molar-refractivity contribution is 0.0421. The number of aliphatic hydroxyl groups is 1. The van der Waals surface area contributed by atoms with Crippen molar-refractivity contribution < 1.29 is 9.84 Å². The molecule has 0 aromatic carbocycles. The third kappa shape index (κ3) is 1.50. The average Bonchev–Trinajstić information content (AvgIpc) is 2.34. The average molecular weight is 144 g/mol. The van der Waals surface area contributed by atoms with E-state index in [0.717, 1.165) is 19.4 Å². The SMILES string of the molecule is CCC(O)C1CCOC1C. The summed E-state index contributed by atoms with van der Waals surface area (Å²) >= 11 is 0. The maximum atomic E-state index is 9.45. The van der Waals surface area contributed by atoms with E-state index in [0.29, 0.717) is 5.92 Å². The highest BCUT2D eigenvalue weighted by Crippen LogP contribution is 2.24. The zero-order chi connectivity index (χ0) is 7.56. The largest absolute Gasteiger partial charge is 0.393 e. The van der Waals surface area contributed by atoms with Crippen LogP contribution in [0.2, 0.25) is 0 Å². The summed E-state index contributed by atoms with van der Waals surface area (Å²) in [4.78, 5) is 0. The van der Waals surface area contributed by atoms with Gasteiger partial charge < -0.3 is 9.84 Å². The van der Waals surface area contributed by atoms with E-state index in [1.54, 1.807) is 0 Å². The molecule has 1 rings (SSSR count). The van der Waals surface area contributed by atoms with Crippen LogP contribution < -0.4 is 0 Å². The van der Waals surface area contributed by atoms with Gasteiger partial charge in [-0.05, 0) is 19.8 Å². The minimum Gasteiger partial charge on any atom is -0.393 e. The number of rotatable bonds is 2. The first kappa shape index (κ1) is 8.02. The van der Waals surface area contributed by atoms with Gasteiger partial charge in [-0.3, -0.25) is 0 Å². The highest BCUT2D eigenvalue weighted by atomic mass is 16.5. The normalized spacial score (nSPS) is 36.3. The molecular weight excluding hydrogens is 128 g/mol. The van der Waals surface area contributed by atoms with Gasteiger partial charge in [0, 0.05) is 12.5 Å². The van der Waals surface area contributed by atoms with E-state index in [-0.39, 0.29) is 12.2 Å². The minimum absolute atomic E-state index is 0.155. The quantitative estimate of drug-likeness (QED) is 0.630. The zero-order valence-corrected chi connectivity index (χ0v) is 6.71. The van der Waals surface area contributed by atoms with E-state index < -0.39 is 0 Å². The number of ether oxygens (including phenoxy) is 1. The van der Waals surface area contributed by atoms with E-state index in [4.69, 9.17) is 4.74 Å². The molecule has 1 aliphatic rings. The summed E-state index contributed by atoms with van der Waals surface area (Å²) in [6.07, 6.45) is 1.97. The van der Waals surface area contributed by atoms with Crippen molar-refractivity contribution >= 4 is 0 Å². The molecule has 0 saturated carbocycles. The van der Waals surface area contributed by atoms with E-state index in [2.05, 4.69) is 0 Å². The van der Waals surface area contributed by atoms with Crippen LogP contribution in [-0.4, -0.2) is 23.9 Å². The van der Waals surface area contributed by atoms with Crippen molar-refractivity contribution in [3.63, 3.8) is 0 Å². The molecule has 3 unspecified atom stereocenters. The predicted octanol–water partition coefficient (Wildman–Crippen LogP) is 1.18. The highest BCUT2D eigenvalue weighted by molar-refractivity contribution is 4.77. The van der Waals surface area contributed by atoms with E-state index in [1.807, 2.05) is 13.8 Å². The second kappa shape index (κ2) is 3.35. The van der Waals surface area contributed by atoms with Crippen LogP contribution in [0, 0.1) is 5.92 Å². The van der Waals surface area contributed by atoms with E-state index >= 15 is 0 Å². The first-order valence-corrected chi connectivity index (χ1v) is 4.05. The summed E-state index contributed by atoms with van der Waals surface area (Å²) in [5.74, 6) is 0.380. The molecule has 0 bridgehead atoms. The molecule has 1 N–H and O–H groups in total. The van der Waals surface area contributed by atoms with Crippen molar-refractivity contribution in [2.45, 2.75) is 38.9 Å². The van der Waals surface area contributed by atoms with Crippen LogP contribution in [0.5, 0.6) is 0 Å². The molecule has 2 heteroatoms. The number of hydrogen-bond acceptors (Lipinski definition) is 2. The van der Waals surface area contributed by atoms with Crippen LogP contribution >= 0.6 is 0 Å². The molecule has 1 heterocycles. The van der Waals surface area contributed by atoms with Crippen molar-refractivity contribution in [2.24, 2.45) is 5.92 Å². The van der Waals surface area contributed by atoms with Crippen molar-refractivity contribution in [2.75, 3.05) is 6.61 Å². The molecule has 60 valence electrons. The molecular formula is C8H16O2. The summed E-state index contributed by atoms with van der Waals surface area (Å²) in [7, 11) is 0. The third-order valence-corrected chi connectivity index (χ3v) is 2.35. The first-order chi connectivity index (χ1) is 4.75. The Labute approximate surface area is 62.2 Å². The molecule has 3 atom stereocenters. The second-order valence-corrected chi connectivity index (χ2v) is 3.00. The smallest absolute Gasteiger partial charge is 0.0600 e. The lowest BCUT2D eigenvalue weighted by atomic mass is 9.94. The first-order valence-electron chi connectivity index (χ1n) is 4.05. The molecule has 10 heavy (non-hydrogen) atoms. The maximum absolute atomic E-state index is 9.45. The lowest BCUT2D eigenvalue weighted by Crippen LogP contribution is -2.25. The van der Waals surface area contributed by atoms with Crippen molar-refractivity contribution in [1.82, 2.24) is 0 Å².